The lowest BCUT2D eigenvalue weighted by Crippen LogP contribution is -2.45. The van der Waals surface area contributed by atoms with Crippen molar-refractivity contribution in [2.75, 3.05) is 13.2 Å². The SMILES string of the molecule is CC(C)CC(CO)NC(=O)NCC(C)c1nc(-c2ccccc2)no1. The standard InChI is InChI=1S/C18H26N4O3/c1-12(2)9-15(11-23)20-18(24)19-10-13(3)17-21-16(22-25-17)14-7-5-4-6-8-14/h4-8,12-13,15,23H,9-11H2,1-3H3,(H2,19,20,24). The number of carbonyl (C=O) groups excluding carboxylic acids is 1. The summed E-state index contributed by atoms with van der Waals surface area (Å²) in [4.78, 5) is 16.3. The minimum absolute atomic E-state index is 0.0781. The van der Waals surface area contributed by atoms with Gasteiger partial charge >= 0.3 is 6.03 Å². The average molecular weight is 346 g/mol. The highest BCUT2D eigenvalue weighted by atomic mass is 16.5. The number of nitrogens with zero attached hydrogens (tertiary/aromatic N) is 2. The fourth-order valence-electron chi connectivity index (χ4n) is 2.46. The Hall–Kier alpha value is -2.41. The first-order chi connectivity index (χ1) is 12.0. The van der Waals surface area contributed by atoms with E-state index >= 15 is 0 Å². The van der Waals surface area contributed by atoms with Crippen molar-refractivity contribution in [1.29, 1.82) is 0 Å². The van der Waals surface area contributed by atoms with Crippen LogP contribution >= 0.6 is 0 Å². The second-order valence-electron chi connectivity index (χ2n) is 6.59. The summed E-state index contributed by atoms with van der Waals surface area (Å²) in [5.74, 6) is 1.28. The molecule has 0 saturated heterocycles. The fraction of sp³-hybridized carbons (Fsp3) is 0.500. The Morgan fingerprint density at radius 2 is 1.96 bits per heavy atom. The second kappa shape index (κ2) is 9.17. The molecule has 0 aliphatic heterocycles. The maximum atomic E-state index is 12.0. The maximum absolute atomic E-state index is 12.0. The lowest BCUT2D eigenvalue weighted by atomic mass is 10.0. The molecule has 7 heteroatoms. The van der Waals surface area contributed by atoms with E-state index < -0.39 is 0 Å². The van der Waals surface area contributed by atoms with Crippen LogP contribution in [0.1, 0.15) is 39.0 Å². The Morgan fingerprint density at radius 3 is 2.60 bits per heavy atom. The number of aliphatic hydroxyl groups is 1. The quantitative estimate of drug-likeness (QED) is 0.682. The topological polar surface area (TPSA) is 100 Å². The van der Waals surface area contributed by atoms with Crippen LogP contribution in [-0.4, -0.2) is 40.5 Å². The Bertz CT molecular complexity index is 657. The molecule has 2 amide bonds. The van der Waals surface area contributed by atoms with Crippen LogP contribution in [0.3, 0.4) is 0 Å². The summed E-state index contributed by atoms with van der Waals surface area (Å²) in [5.41, 5.74) is 0.884. The van der Waals surface area contributed by atoms with Gasteiger partial charge in [0, 0.05) is 12.1 Å². The van der Waals surface area contributed by atoms with E-state index in [-0.39, 0.29) is 24.6 Å². The van der Waals surface area contributed by atoms with Crippen LogP contribution in [0.4, 0.5) is 4.79 Å². The molecule has 2 aromatic rings. The molecular formula is C18H26N4O3. The molecule has 2 atom stereocenters. The number of benzene rings is 1. The number of carbonyl (C=O) groups is 1. The highest BCUT2D eigenvalue weighted by Gasteiger charge is 2.17. The molecule has 136 valence electrons. The molecule has 0 aliphatic rings. The van der Waals surface area contributed by atoms with Crippen molar-refractivity contribution in [2.45, 2.75) is 39.2 Å². The fourth-order valence-corrected chi connectivity index (χ4v) is 2.46. The third-order valence-electron chi connectivity index (χ3n) is 3.78. The van der Waals surface area contributed by atoms with Gasteiger partial charge in [0.2, 0.25) is 11.7 Å². The molecule has 25 heavy (non-hydrogen) atoms. The zero-order chi connectivity index (χ0) is 18.2. The summed E-state index contributed by atoms with van der Waals surface area (Å²) in [5, 5.41) is 18.8. The predicted molar refractivity (Wildman–Crippen MR) is 95.0 cm³/mol. The van der Waals surface area contributed by atoms with E-state index in [0.717, 1.165) is 12.0 Å². The first kappa shape index (κ1) is 18.9. The van der Waals surface area contributed by atoms with Crippen molar-refractivity contribution < 1.29 is 14.4 Å². The Morgan fingerprint density at radius 1 is 1.24 bits per heavy atom. The van der Waals surface area contributed by atoms with E-state index in [0.29, 0.717) is 24.2 Å². The molecule has 1 aromatic carbocycles. The van der Waals surface area contributed by atoms with Crippen molar-refractivity contribution in [3.05, 3.63) is 36.2 Å². The zero-order valence-electron chi connectivity index (χ0n) is 14.9. The monoisotopic (exact) mass is 346 g/mol. The molecular weight excluding hydrogens is 320 g/mol. The van der Waals surface area contributed by atoms with Crippen molar-refractivity contribution >= 4 is 6.03 Å². The molecule has 7 nitrogen and oxygen atoms in total. The molecule has 0 saturated carbocycles. The zero-order valence-corrected chi connectivity index (χ0v) is 14.9. The minimum atomic E-state index is -0.311. The van der Waals surface area contributed by atoms with E-state index in [1.165, 1.54) is 0 Å². The van der Waals surface area contributed by atoms with Crippen molar-refractivity contribution in [3.63, 3.8) is 0 Å². The van der Waals surface area contributed by atoms with Crippen LogP contribution in [0, 0.1) is 5.92 Å². The van der Waals surface area contributed by atoms with Gasteiger partial charge in [-0.05, 0) is 12.3 Å². The van der Waals surface area contributed by atoms with Crippen LogP contribution in [-0.2, 0) is 0 Å². The molecule has 2 unspecified atom stereocenters. The van der Waals surface area contributed by atoms with Crippen molar-refractivity contribution in [1.82, 2.24) is 20.8 Å². The molecule has 0 spiro atoms. The van der Waals surface area contributed by atoms with Gasteiger partial charge in [0.05, 0.1) is 18.6 Å². The van der Waals surface area contributed by atoms with E-state index in [1.807, 2.05) is 51.1 Å². The van der Waals surface area contributed by atoms with E-state index in [1.54, 1.807) is 0 Å². The first-order valence-corrected chi connectivity index (χ1v) is 8.53. The van der Waals surface area contributed by atoms with Gasteiger partial charge in [-0.15, -0.1) is 0 Å². The van der Waals surface area contributed by atoms with Crippen molar-refractivity contribution in [3.8, 4) is 11.4 Å². The number of hydrogen-bond donors (Lipinski definition) is 3. The number of aromatic nitrogens is 2. The highest BCUT2D eigenvalue weighted by Crippen LogP contribution is 2.18. The van der Waals surface area contributed by atoms with Crippen LogP contribution in [0.2, 0.25) is 0 Å². The molecule has 2 rings (SSSR count). The molecule has 0 fully saturated rings. The van der Waals surface area contributed by atoms with Crippen molar-refractivity contribution in [2.24, 2.45) is 5.92 Å². The largest absolute Gasteiger partial charge is 0.394 e. The molecule has 0 radical (unpaired) electrons. The normalized spacial score (nSPS) is 13.5. The number of rotatable bonds is 8. The molecule has 3 N–H and O–H groups in total. The summed E-state index contributed by atoms with van der Waals surface area (Å²) in [6, 6.07) is 9.01. The molecule has 1 aromatic heterocycles. The second-order valence-corrected chi connectivity index (χ2v) is 6.59. The van der Waals surface area contributed by atoms with Crippen LogP contribution < -0.4 is 10.6 Å². The lowest BCUT2D eigenvalue weighted by Gasteiger charge is -2.19. The number of aliphatic hydroxyl groups excluding tert-OH is 1. The summed E-state index contributed by atoms with van der Waals surface area (Å²) in [7, 11) is 0. The van der Waals surface area contributed by atoms with Crippen LogP contribution in [0.25, 0.3) is 11.4 Å². The molecule has 1 heterocycles. The van der Waals surface area contributed by atoms with Gasteiger partial charge in [0.1, 0.15) is 0 Å². The lowest BCUT2D eigenvalue weighted by molar-refractivity contribution is 0.206. The summed E-state index contributed by atoms with van der Waals surface area (Å²) < 4.78 is 5.30. The van der Waals surface area contributed by atoms with E-state index in [4.69, 9.17) is 4.52 Å². The minimum Gasteiger partial charge on any atom is -0.394 e. The first-order valence-electron chi connectivity index (χ1n) is 8.53. The number of hydrogen-bond acceptors (Lipinski definition) is 5. The molecule has 0 bridgehead atoms. The summed E-state index contributed by atoms with van der Waals surface area (Å²) in [6.45, 7) is 6.28. The van der Waals surface area contributed by atoms with E-state index in [9.17, 15) is 9.90 Å². The van der Waals surface area contributed by atoms with Gasteiger partial charge in [-0.3, -0.25) is 0 Å². The van der Waals surface area contributed by atoms with E-state index in [2.05, 4.69) is 20.8 Å². The van der Waals surface area contributed by atoms with Gasteiger partial charge < -0.3 is 20.3 Å². The Labute approximate surface area is 147 Å². The third-order valence-corrected chi connectivity index (χ3v) is 3.78. The summed E-state index contributed by atoms with van der Waals surface area (Å²) in [6.07, 6.45) is 0.726. The number of urea groups is 1. The Kier molecular flexibility index (Phi) is 6.94. The Balaban J connectivity index is 1.85. The van der Waals surface area contributed by atoms with Gasteiger partial charge in [-0.25, -0.2) is 4.79 Å². The van der Waals surface area contributed by atoms with Gasteiger partial charge in [0.25, 0.3) is 0 Å². The number of amides is 2. The third kappa shape index (κ3) is 5.86. The average Bonchev–Trinajstić information content (AvgIpc) is 3.09. The van der Waals surface area contributed by atoms with Crippen LogP contribution in [0.5, 0.6) is 0 Å². The highest BCUT2D eigenvalue weighted by molar-refractivity contribution is 5.74. The van der Waals surface area contributed by atoms with Crippen LogP contribution in [0.15, 0.2) is 34.9 Å². The predicted octanol–water partition coefficient (Wildman–Crippen LogP) is 2.55. The van der Waals surface area contributed by atoms with Gasteiger partial charge in [-0.2, -0.15) is 4.98 Å². The van der Waals surface area contributed by atoms with Gasteiger partial charge in [0.15, 0.2) is 0 Å². The van der Waals surface area contributed by atoms with Gasteiger partial charge in [-0.1, -0.05) is 56.3 Å². The smallest absolute Gasteiger partial charge is 0.315 e. The molecule has 0 aliphatic carbocycles. The maximum Gasteiger partial charge on any atom is 0.315 e. The summed E-state index contributed by atoms with van der Waals surface area (Å²) >= 11 is 0. The number of nitrogens with one attached hydrogen (secondary N) is 2.